The number of para-hydroxylation sites is 1. The Morgan fingerprint density at radius 3 is 2.68 bits per heavy atom. The number of rotatable bonds is 4. The maximum atomic E-state index is 5.97. The van der Waals surface area contributed by atoms with E-state index in [9.17, 15) is 0 Å². The monoisotopic (exact) mass is 251 g/mol. The molecule has 96 valence electrons. The lowest BCUT2D eigenvalue weighted by molar-refractivity contribution is 0.476. The average molecular weight is 251 g/mol. The molecule has 0 aliphatic carbocycles. The van der Waals surface area contributed by atoms with E-state index in [2.05, 4.69) is 30.1 Å². The van der Waals surface area contributed by atoms with Crippen molar-refractivity contribution in [2.75, 3.05) is 0 Å². The standard InChI is InChI=1S/C17H17NO/c1-2-13(11-15-8-5-6-10-18-15)17-12-14-7-3-4-9-16(14)19-17/h3-10,12-13H,2,11H2,1H3. The van der Waals surface area contributed by atoms with Crippen LogP contribution in [0.4, 0.5) is 0 Å². The Bertz CT molecular complexity index is 624. The highest BCUT2D eigenvalue weighted by atomic mass is 16.3. The lowest BCUT2D eigenvalue weighted by atomic mass is 9.97. The van der Waals surface area contributed by atoms with Crippen LogP contribution in [0.3, 0.4) is 0 Å². The van der Waals surface area contributed by atoms with Crippen LogP contribution in [0.15, 0.2) is 59.1 Å². The maximum Gasteiger partial charge on any atom is 0.134 e. The molecule has 0 aliphatic heterocycles. The third-order valence-electron chi connectivity index (χ3n) is 3.52. The normalized spacial score (nSPS) is 12.7. The quantitative estimate of drug-likeness (QED) is 0.679. The van der Waals surface area contributed by atoms with Crippen LogP contribution in [0.25, 0.3) is 11.0 Å². The molecule has 1 atom stereocenters. The fourth-order valence-electron chi connectivity index (χ4n) is 2.42. The van der Waals surface area contributed by atoms with Gasteiger partial charge in [0, 0.05) is 23.2 Å². The van der Waals surface area contributed by atoms with E-state index >= 15 is 0 Å². The van der Waals surface area contributed by atoms with Crippen molar-refractivity contribution < 1.29 is 4.42 Å². The molecule has 1 aromatic carbocycles. The molecule has 2 nitrogen and oxygen atoms in total. The Labute approximate surface area is 113 Å². The van der Waals surface area contributed by atoms with Gasteiger partial charge in [-0.2, -0.15) is 0 Å². The van der Waals surface area contributed by atoms with E-state index in [1.54, 1.807) is 0 Å². The van der Waals surface area contributed by atoms with Gasteiger partial charge in [0.05, 0.1) is 0 Å². The van der Waals surface area contributed by atoms with Crippen LogP contribution in [0, 0.1) is 0 Å². The number of aromatic nitrogens is 1. The van der Waals surface area contributed by atoms with Crippen molar-refractivity contribution in [3.63, 3.8) is 0 Å². The number of furan rings is 1. The van der Waals surface area contributed by atoms with E-state index in [1.165, 1.54) is 5.39 Å². The molecule has 0 amide bonds. The summed E-state index contributed by atoms with van der Waals surface area (Å²) >= 11 is 0. The highest BCUT2D eigenvalue weighted by molar-refractivity contribution is 5.77. The summed E-state index contributed by atoms with van der Waals surface area (Å²) in [6, 6.07) is 16.4. The molecule has 19 heavy (non-hydrogen) atoms. The van der Waals surface area contributed by atoms with Gasteiger partial charge in [0.15, 0.2) is 0 Å². The summed E-state index contributed by atoms with van der Waals surface area (Å²) in [5.74, 6) is 1.46. The van der Waals surface area contributed by atoms with Gasteiger partial charge in [-0.05, 0) is 37.1 Å². The zero-order chi connectivity index (χ0) is 13.1. The van der Waals surface area contributed by atoms with Gasteiger partial charge in [-0.3, -0.25) is 4.98 Å². The van der Waals surface area contributed by atoms with Crippen LogP contribution in [-0.4, -0.2) is 4.98 Å². The topological polar surface area (TPSA) is 26.0 Å². The minimum Gasteiger partial charge on any atom is -0.461 e. The number of hydrogen-bond donors (Lipinski definition) is 0. The average Bonchev–Trinajstić information content (AvgIpc) is 2.89. The minimum absolute atomic E-state index is 0.391. The van der Waals surface area contributed by atoms with Crippen molar-refractivity contribution in [3.8, 4) is 0 Å². The van der Waals surface area contributed by atoms with E-state index in [0.29, 0.717) is 5.92 Å². The van der Waals surface area contributed by atoms with Crippen molar-refractivity contribution in [2.24, 2.45) is 0 Å². The van der Waals surface area contributed by atoms with Gasteiger partial charge >= 0.3 is 0 Å². The van der Waals surface area contributed by atoms with Gasteiger partial charge in [0.2, 0.25) is 0 Å². The predicted molar refractivity (Wildman–Crippen MR) is 77.2 cm³/mol. The molecule has 0 saturated carbocycles. The molecule has 3 rings (SSSR count). The van der Waals surface area contributed by atoms with Crippen molar-refractivity contribution in [3.05, 3.63) is 66.2 Å². The predicted octanol–water partition coefficient (Wildman–Crippen LogP) is 4.56. The summed E-state index contributed by atoms with van der Waals surface area (Å²) in [7, 11) is 0. The molecule has 3 aromatic rings. The molecule has 0 radical (unpaired) electrons. The molecule has 0 bridgehead atoms. The molecule has 2 heterocycles. The van der Waals surface area contributed by atoms with E-state index < -0.39 is 0 Å². The zero-order valence-electron chi connectivity index (χ0n) is 11.0. The Morgan fingerprint density at radius 1 is 1.11 bits per heavy atom. The Balaban J connectivity index is 1.89. The molecule has 2 aromatic heterocycles. The first-order valence-electron chi connectivity index (χ1n) is 6.75. The molecular formula is C17H17NO. The van der Waals surface area contributed by atoms with Crippen molar-refractivity contribution in [1.82, 2.24) is 4.98 Å². The largest absolute Gasteiger partial charge is 0.461 e. The number of nitrogens with zero attached hydrogens (tertiary/aromatic N) is 1. The Morgan fingerprint density at radius 2 is 1.95 bits per heavy atom. The first-order chi connectivity index (χ1) is 9.36. The molecule has 2 heteroatoms. The molecule has 0 aliphatic rings. The highest BCUT2D eigenvalue weighted by Gasteiger charge is 2.15. The molecule has 0 spiro atoms. The number of pyridine rings is 1. The fourth-order valence-corrected chi connectivity index (χ4v) is 2.42. The third kappa shape index (κ3) is 2.53. The zero-order valence-corrected chi connectivity index (χ0v) is 11.0. The van der Waals surface area contributed by atoms with Crippen molar-refractivity contribution in [1.29, 1.82) is 0 Å². The van der Waals surface area contributed by atoms with Crippen LogP contribution < -0.4 is 0 Å². The summed E-state index contributed by atoms with van der Waals surface area (Å²) in [4.78, 5) is 4.40. The lowest BCUT2D eigenvalue weighted by Gasteiger charge is -2.11. The molecule has 0 fully saturated rings. The SMILES string of the molecule is CCC(Cc1ccccn1)c1cc2ccccc2o1. The Hall–Kier alpha value is -2.09. The van der Waals surface area contributed by atoms with Crippen LogP contribution in [0.5, 0.6) is 0 Å². The van der Waals surface area contributed by atoms with Crippen molar-refractivity contribution in [2.45, 2.75) is 25.7 Å². The van der Waals surface area contributed by atoms with Crippen LogP contribution in [0.1, 0.15) is 30.7 Å². The second-order valence-corrected chi connectivity index (χ2v) is 4.82. The first kappa shape index (κ1) is 12.0. The van der Waals surface area contributed by atoms with Crippen LogP contribution in [-0.2, 0) is 6.42 Å². The van der Waals surface area contributed by atoms with Crippen LogP contribution in [0.2, 0.25) is 0 Å². The summed E-state index contributed by atoms with van der Waals surface area (Å²) in [6.07, 6.45) is 3.83. The smallest absolute Gasteiger partial charge is 0.134 e. The second-order valence-electron chi connectivity index (χ2n) is 4.82. The summed E-state index contributed by atoms with van der Waals surface area (Å²) in [5, 5.41) is 1.18. The number of benzene rings is 1. The first-order valence-corrected chi connectivity index (χ1v) is 6.75. The maximum absolute atomic E-state index is 5.97. The van der Waals surface area contributed by atoms with E-state index in [0.717, 1.165) is 29.9 Å². The van der Waals surface area contributed by atoms with Gasteiger partial charge < -0.3 is 4.42 Å². The molecular weight excluding hydrogens is 234 g/mol. The second kappa shape index (κ2) is 5.27. The van der Waals surface area contributed by atoms with Gasteiger partial charge in [0.1, 0.15) is 11.3 Å². The van der Waals surface area contributed by atoms with E-state index in [1.807, 2.05) is 36.5 Å². The minimum atomic E-state index is 0.391. The summed E-state index contributed by atoms with van der Waals surface area (Å²) in [6.45, 7) is 2.20. The van der Waals surface area contributed by atoms with Gasteiger partial charge in [-0.15, -0.1) is 0 Å². The summed E-state index contributed by atoms with van der Waals surface area (Å²) in [5.41, 5.74) is 2.09. The van der Waals surface area contributed by atoms with E-state index in [-0.39, 0.29) is 0 Å². The summed E-state index contributed by atoms with van der Waals surface area (Å²) < 4.78 is 5.97. The van der Waals surface area contributed by atoms with Crippen LogP contribution >= 0.6 is 0 Å². The molecule has 0 saturated heterocycles. The number of hydrogen-bond acceptors (Lipinski definition) is 2. The third-order valence-corrected chi connectivity index (χ3v) is 3.52. The number of fused-ring (bicyclic) bond motifs is 1. The fraction of sp³-hybridized carbons (Fsp3) is 0.235. The van der Waals surface area contributed by atoms with E-state index in [4.69, 9.17) is 4.42 Å². The van der Waals surface area contributed by atoms with Gasteiger partial charge in [-0.25, -0.2) is 0 Å². The molecule has 0 N–H and O–H groups in total. The van der Waals surface area contributed by atoms with Gasteiger partial charge in [-0.1, -0.05) is 31.2 Å². The van der Waals surface area contributed by atoms with Crippen molar-refractivity contribution >= 4 is 11.0 Å². The Kier molecular flexibility index (Phi) is 3.32. The lowest BCUT2D eigenvalue weighted by Crippen LogP contribution is -2.01. The molecule has 1 unspecified atom stereocenters. The highest BCUT2D eigenvalue weighted by Crippen LogP contribution is 2.29. The van der Waals surface area contributed by atoms with Gasteiger partial charge in [0.25, 0.3) is 0 Å².